The normalized spacial score (nSPS) is 15.8. The van der Waals surface area contributed by atoms with Gasteiger partial charge in [0.1, 0.15) is 5.76 Å². The van der Waals surface area contributed by atoms with Gasteiger partial charge in [0.25, 0.3) is 5.91 Å². The SMILES string of the molecule is Cc1cc(C(=O)[C@@H](C)N2CCN(C(=O)c3ccccc3)CC2)c(C)n1Cc1ccco1. The van der Waals surface area contributed by atoms with Gasteiger partial charge in [-0.1, -0.05) is 18.2 Å². The number of rotatable bonds is 6. The predicted octanol–water partition coefficient (Wildman–Crippen LogP) is 3.78. The summed E-state index contributed by atoms with van der Waals surface area (Å²) in [4.78, 5) is 30.0. The molecule has 1 aromatic carbocycles. The van der Waals surface area contributed by atoms with Crippen molar-refractivity contribution >= 4 is 11.7 Å². The van der Waals surface area contributed by atoms with Gasteiger partial charge in [0.2, 0.25) is 0 Å². The highest BCUT2D eigenvalue weighted by Gasteiger charge is 2.30. The third kappa shape index (κ3) is 4.35. The van der Waals surface area contributed by atoms with Crippen LogP contribution in [0.15, 0.2) is 59.2 Å². The van der Waals surface area contributed by atoms with E-state index in [4.69, 9.17) is 4.42 Å². The molecule has 0 bridgehead atoms. The lowest BCUT2D eigenvalue weighted by Gasteiger charge is -2.37. The molecule has 0 radical (unpaired) electrons. The zero-order valence-electron chi connectivity index (χ0n) is 18.4. The van der Waals surface area contributed by atoms with Crippen molar-refractivity contribution < 1.29 is 14.0 Å². The van der Waals surface area contributed by atoms with Gasteiger partial charge in [0.05, 0.1) is 18.8 Å². The van der Waals surface area contributed by atoms with Crippen molar-refractivity contribution in [3.05, 3.63) is 83.1 Å². The summed E-state index contributed by atoms with van der Waals surface area (Å²) in [6.07, 6.45) is 1.67. The van der Waals surface area contributed by atoms with Gasteiger partial charge in [0.15, 0.2) is 5.78 Å². The van der Waals surface area contributed by atoms with E-state index < -0.39 is 0 Å². The summed E-state index contributed by atoms with van der Waals surface area (Å²) in [6.45, 7) is 9.24. The zero-order chi connectivity index (χ0) is 22.0. The first-order chi connectivity index (χ1) is 15.0. The van der Waals surface area contributed by atoms with E-state index in [1.165, 1.54) is 0 Å². The maximum atomic E-state index is 13.3. The molecule has 2 aromatic heterocycles. The van der Waals surface area contributed by atoms with E-state index >= 15 is 0 Å². The number of ketones is 1. The third-order valence-corrected chi connectivity index (χ3v) is 6.28. The number of carbonyl (C=O) groups is 2. The molecule has 0 spiro atoms. The highest BCUT2D eigenvalue weighted by molar-refractivity contribution is 6.01. The molecule has 0 aliphatic carbocycles. The van der Waals surface area contributed by atoms with Gasteiger partial charge >= 0.3 is 0 Å². The number of furan rings is 1. The molecule has 6 heteroatoms. The first kappa shape index (κ1) is 21.1. The Bertz CT molecular complexity index is 1050. The van der Waals surface area contributed by atoms with Crippen LogP contribution >= 0.6 is 0 Å². The van der Waals surface area contributed by atoms with Crippen molar-refractivity contribution in [3.63, 3.8) is 0 Å². The topological polar surface area (TPSA) is 58.7 Å². The van der Waals surface area contributed by atoms with E-state index in [-0.39, 0.29) is 17.7 Å². The first-order valence-electron chi connectivity index (χ1n) is 10.8. The van der Waals surface area contributed by atoms with Crippen LogP contribution in [-0.2, 0) is 6.54 Å². The fraction of sp³-hybridized carbons (Fsp3) is 0.360. The number of hydrogen-bond donors (Lipinski definition) is 0. The lowest BCUT2D eigenvalue weighted by molar-refractivity contribution is 0.0551. The smallest absolute Gasteiger partial charge is 0.253 e. The monoisotopic (exact) mass is 419 g/mol. The molecule has 4 rings (SSSR count). The summed E-state index contributed by atoms with van der Waals surface area (Å²) in [6, 6.07) is 14.9. The second-order valence-electron chi connectivity index (χ2n) is 8.18. The molecular formula is C25H29N3O3. The standard InChI is InChI=1S/C25H29N3O3/c1-18-16-23(19(2)28(18)17-22-10-7-15-31-22)24(29)20(3)26-11-13-27(14-12-26)25(30)21-8-5-4-6-9-21/h4-10,15-16,20H,11-14,17H2,1-3H3/t20-/m1/s1. The lowest BCUT2D eigenvalue weighted by Crippen LogP contribution is -2.53. The number of Topliss-reactive ketones (excluding diaryl/α,β-unsaturated/α-hetero) is 1. The average molecular weight is 420 g/mol. The van der Waals surface area contributed by atoms with Crippen molar-refractivity contribution in [1.82, 2.24) is 14.4 Å². The number of benzene rings is 1. The Kier molecular flexibility index (Phi) is 6.09. The number of aromatic nitrogens is 1. The molecule has 3 aromatic rings. The van der Waals surface area contributed by atoms with Crippen molar-refractivity contribution in [2.24, 2.45) is 0 Å². The van der Waals surface area contributed by atoms with Crippen LogP contribution in [0.1, 0.15) is 44.8 Å². The molecular weight excluding hydrogens is 390 g/mol. The Morgan fingerprint density at radius 3 is 2.35 bits per heavy atom. The van der Waals surface area contributed by atoms with Gasteiger partial charge in [-0.25, -0.2) is 0 Å². The highest BCUT2D eigenvalue weighted by atomic mass is 16.3. The Morgan fingerprint density at radius 2 is 1.71 bits per heavy atom. The maximum Gasteiger partial charge on any atom is 0.253 e. The minimum atomic E-state index is -0.230. The van der Waals surface area contributed by atoms with Crippen LogP contribution in [0.25, 0.3) is 0 Å². The van der Waals surface area contributed by atoms with Crippen LogP contribution in [-0.4, -0.2) is 58.3 Å². The van der Waals surface area contributed by atoms with E-state index in [0.717, 1.165) is 22.7 Å². The molecule has 1 aliphatic heterocycles. The van der Waals surface area contributed by atoms with Crippen LogP contribution < -0.4 is 0 Å². The molecule has 6 nitrogen and oxygen atoms in total. The zero-order valence-corrected chi connectivity index (χ0v) is 18.4. The number of nitrogens with zero attached hydrogens (tertiary/aromatic N) is 3. The van der Waals surface area contributed by atoms with Gasteiger partial charge in [0, 0.05) is 48.7 Å². The molecule has 1 aliphatic rings. The molecule has 1 fully saturated rings. The largest absolute Gasteiger partial charge is 0.467 e. The Morgan fingerprint density at radius 1 is 1.00 bits per heavy atom. The van der Waals surface area contributed by atoms with Gasteiger partial charge in [-0.3, -0.25) is 14.5 Å². The number of carbonyl (C=O) groups excluding carboxylic acids is 2. The Balaban J connectivity index is 1.41. The van der Waals surface area contributed by atoms with Crippen LogP contribution in [0.5, 0.6) is 0 Å². The van der Waals surface area contributed by atoms with Crippen LogP contribution in [0.4, 0.5) is 0 Å². The fourth-order valence-corrected chi connectivity index (χ4v) is 4.32. The third-order valence-electron chi connectivity index (χ3n) is 6.28. The summed E-state index contributed by atoms with van der Waals surface area (Å²) >= 11 is 0. The number of aryl methyl sites for hydroxylation is 1. The molecule has 0 unspecified atom stereocenters. The average Bonchev–Trinajstić information content (AvgIpc) is 3.42. The van der Waals surface area contributed by atoms with Crippen molar-refractivity contribution in [3.8, 4) is 0 Å². The van der Waals surface area contributed by atoms with E-state index in [1.54, 1.807) is 6.26 Å². The second-order valence-corrected chi connectivity index (χ2v) is 8.18. The summed E-state index contributed by atoms with van der Waals surface area (Å²) in [7, 11) is 0. The lowest BCUT2D eigenvalue weighted by atomic mass is 10.0. The second kappa shape index (κ2) is 8.94. The van der Waals surface area contributed by atoms with E-state index in [2.05, 4.69) is 9.47 Å². The first-order valence-corrected chi connectivity index (χ1v) is 10.8. The van der Waals surface area contributed by atoms with Crippen molar-refractivity contribution in [2.75, 3.05) is 26.2 Å². The quantitative estimate of drug-likeness (QED) is 0.571. The van der Waals surface area contributed by atoms with Crippen LogP contribution in [0.3, 0.4) is 0 Å². The van der Waals surface area contributed by atoms with Crippen molar-refractivity contribution in [1.29, 1.82) is 0 Å². The number of hydrogen-bond acceptors (Lipinski definition) is 4. The fourth-order valence-electron chi connectivity index (χ4n) is 4.32. The van der Waals surface area contributed by atoms with E-state index in [9.17, 15) is 9.59 Å². The van der Waals surface area contributed by atoms with Gasteiger partial charge in [-0.15, -0.1) is 0 Å². The molecule has 162 valence electrons. The summed E-state index contributed by atoms with van der Waals surface area (Å²) < 4.78 is 7.60. The highest BCUT2D eigenvalue weighted by Crippen LogP contribution is 2.21. The summed E-state index contributed by atoms with van der Waals surface area (Å²) in [5, 5.41) is 0. The summed E-state index contributed by atoms with van der Waals surface area (Å²) in [5.41, 5.74) is 3.48. The molecule has 0 N–H and O–H groups in total. The Hall–Kier alpha value is -3.12. The minimum absolute atomic E-state index is 0.0562. The van der Waals surface area contributed by atoms with Gasteiger partial charge < -0.3 is 13.9 Å². The number of amides is 1. The summed E-state index contributed by atoms with van der Waals surface area (Å²) in [5.74, 6) is 1.05. The van der Waals surface area contributed by atoms with E-state index in [0.29, 0.717) is 38.3 Å². The number of piperazine rings is 1. The molecule has 1 amide bonds. The predicted molar refractivity (Wildman–Crippen MR) is 119 cm³/mol. The van der Waals surface area contributed by atoms with Crippen LogP contribution in [0.2, 0.25) is 0 Å². The molecule has 1 atom stereocenters. The molecule has 3 heterocycles. The van der Waals surface area contributed by atoms with Crippen molar-refractivity contribution in [2.45, 2.75) is 33.4 Å². The van der Waals surface area contributed by atoms with Gasteiger partial charge in [-0.05, 0) is 51.1 Å². The maximum absolute atomic E-state index is 13.3. The molecule has 1 saturated heterocycles. The Labute approximate surface area is 183 Å². The van der Waals surface area contributed by atoms with E-state index in [1.807, 2.05) is 74.2 Å². The van der Waals surface area contributed by atoms with Gasteiger partial charge in [-0.2, -0.15) is 0 Å². The molecule has 31 heavy (non-hydrogen) atoms. The molecule has 0 saturated carbocycles. The minimum Gasteiger partial charge on any atom is -0.467 e. The van der Waals surface area contributed by atoms with Crippen LogP contribution in [0, 0.1) is 13.8 Å².